The zero-order chi connectivity index (χ0) is 15.6. The van der Waals surface area contributed by atoms with E-state index in [1.165, 1.54) is 11.1 Å². The molecule has 0 saturated heterocycles. The van der Waals surface area contributed by atoms with E-state index in [0.29, 0.717) is 18.1 Å². The first-order chi connectivity index (χ1) is 10.6. The Labute approximate surface area is 129 Å². The summed E-state index contributed by atoms with van der Waals surface area (Å²) in [6.07, 6.45) is 2.72. The molecule has 5 nitrogen and oxygen atoms in total. The van der Waals surface area contributed by atoms with Gasteiger partial charge in [0.1, 0.15) is 6.61 Å². The summed E-state index contributed by atoms with van der Waals surface area (Å²) in [5, 5.41) is 6.91. The molecule has 0 radical (unpaired) electrons. The van der Waals surface area contributed by atoms with Crippen LogP contribution in [-0.2, 0) is 24.2 Å². The topological polar surface area (TPSA) is 64.4 Å². The summed E-state index contributed by atoms with van der Waals surface area (Å²) < 4.78 is 10.0. The molecule has 5 heteroatoms. The third-order valence-corrected chi connectivity index (χ3v) is 4.14. The van der Waals surface area contributed by atoms with E-state index in [1.54, 1.807) is 13.2 Å². The summed E-state index contributed by atoms with van der Waals surface area (Å²) in [5.41, 5.74) is 2.72. The van der Waals surface area contributed by atoms with Crippen molar-refractivity contribution in [1.82, 2.24) is 10.5 Å². The van der Waals surface area contributed by atoms with Gasteiger partial charge in [-0.2, -0.15) is 0 Å². The first kappa shape index (κ1) is 14.8. The van der Waals surface area contributed by atoms with Crippen molar-refractivity contribution in [3.05, 3.63) is 52.9 Å². The SMILES string of the molecule is COCc1cc(C(=O)N[C@@]2(C)CCc3ccccc3C2)no1. The van der Waals surface area contributed by atoms with Gasteiger partial charge in [-0.25, -0.2) is 0 Å². The molecule has 0 bridgehead atoms. The second-order valence-electron chi connectivity index (χ2n) is 6.07. The van der Waals surface area contributed by atoms with Crippen molar-refractivity contribution in [2.24, 2.45) is 0 Å². The molecule has 0 unspecified atom stereocenters. The Morgan fingerprint density at radius 1 is 1.41 bits per heavy atom. The van der Waals surface area contributed by atoms with Crippen LogP contribution in [0.1, 0.15) is 40.7 Å². The fraction of sp³-hybridized carbons (Fsp3) is 0.412. The van der Waals surface area contributed by atoms with Crippen molar-refractivity contribution in [2.45, 2.75) is 38.3 Å². The normalized spacial score (nSPS) is 20.5. The van der Waals surface area contributed by atoms with E-state index in [0.717, 1.165) is 19.3 Å². The Morgan fingerprint density at radius 3 is 2.95 bits per heavy atom. The van der Waals surface area contributed by atoms with Crippen LogP contribution in [-0.4, -0.2) is 23.7 Å². The maximum atomic E-state index is 12.4. The number of nitrogens with zero attached hydrogens (tertiary/aromatic N) is 1. The number of fused-ring (bicyclic) bond motifs is 1. The number of hydrogen-bond acceptors (Lipinski definition) is 4. The zero-order valence-electron chi connectivity index (χ0n) is 12.9. The Morgan fingerprint density at radius 2 is 2.18 bits per heavy atom. The first-order valence-electron chi connectivity index (χ1n) is 7.43. The third kappa shape index (κ3) is 3.04. The monoisotopic (exact) mass is 300 g/mol. The molecule has 0 aliphatic heterocycles. The van der Waals surface area contributed by atoms with E-state index < -0.39 is 0 Å². The maximum absolute atomic E-state index is 12.4. The van der Waals surface area contributed by atoms with Crippen LogP contribution in [0.2, 0.25) is 0 Å². The van der Waals surface area contributed by atoms with Crippen LogP contribution in [0.3, 0.4) is 0 Å². The van der Waals surface area contributed by atoms with Crippen LogP contribution in [0.4, 0.5) is 0 Å². The molecule has 3 rings (SSSR count). The van der Waals surface area contributed by atoms with Crippen molar-refractivity contribution < 1.29 is 14.1 Å². The highest BCUT2D eigenvalue weighted by Gasteiger charge is 2.32. The number of carbonyl (C=O) groups is 1. The van der Waals surface area contributed by atoms with Crippen LogP contribution in [0, 0.1) is 0 Å². The number of benzene rings is 1. The predicted molar refractivity (Wildman–Crippen MR) is 81.6 cm³/mol. The molecular formula is C17H20N2O3. The number of aromatic nitrogens is 1. The van der Waals surface area contributed by atoms with Crippen molar-refractivity contribution in [3.8, 4) is 0 Å². The molecular weight excluding hydrogens is 280 g/mol. The lowest BCUT2D eigenvalue weighted by Gasteiger charge is -2.35. The maximum Gasteiger partial charge on any atom is 0.273 e. The van der Waals surface area contributed by atoms with Gasteiger partial charge in [-0.05, 0) is 37.3 Å². The zero-order valence-corrected chi connectivity index (χ0v) is 12.9. The van der Waals surface area contributed by atoms with Gasteiger partial charge in [0.15, 0.2) is 11.5 Å². The van der Waals surface area contributed by atoms with E-state index in [9.17, 15) is 4.79 Å². The number of amides is 1. The summed E-state index contributed by atoms with van der Waals surface area (Å²) in [6, 6.07) is 10.0. The summed E-state index contributed by atoms with van der Waals surface area (Å²) in [4.78, 5) is 12.4. The average molecular weight is 300 g/mol. The van der Waals surface area contributed by atoms with Crippen LogP contribution >= 0.6 is 0 Å². The van der Waals surface area contributed by atoms with Crippen LogP contribution in [0.5, 0.6) is 0 Å². The Bertz CT molecular complexity index is 680. The number of methoxy groups -OCH3 is 1. The lowest BCUT2D eigenvalue weighted by Crippen LogP contribution is -2.49. The van der Waals surface area contributed by atoms with Gasteiger partial charge in [0.2, 0.25) is 0 Å². The fourth-order valence-corrected chi connectivity index (χ4v) is 2.97. The highest BCUT2D eigenvalue weighted by Crippen LogP contribution is 2.28. The highest BCUT2D eigenvalue weighted by molar-refractivity contribution is 5.92. The van der Waals surface area contributed by atoms with E-state index in [4.69, 9.17) is 9.26 Å². The molecule has 1 aromatic heterocycles. The lowest BCUT2D eigenvalue weighted by molar-refractivity contribution is 0.0888. The number of aryl methyl sites for hydroxylation is 1. The van der Waals surface area contributed by atoms with Gasteiger partial charge in [0.25, 0.3) is 5.91 Å². The van der Waals surface area contributed by atoms with Crippen molar-refractivity contribution in [1.29, 1.82) is 0 Å². The van der Waals surface area contributed by atoms with Gasteiger partial charge in [-0.15, -0.1) is 0 Å². The molecule has 0 spiro atoms. The van der Waals surface area contributed by atoms with Gasteiger partial charge in [-0.1, -0.05) is 29.4 Å². The number of rotatable bonds is 4. The average Bonchev–Trinajstić information content (AvgIpc) is 2.96. The Hall–Kier alpha value is -2.14. The fourth-order valence-electron chi connectivity index (χ4n) is 2.97. The molecule has 116 valence electrons. The molecule has 1 heterocycles. The summed E-state index contributed by atoms with van der Waals surface area (Å²) in [7, 11) is 1.57. The minimum absolute atomic E-state index is 0.201. The second-order valence-corrected chi connectivity index (χ2v) is 6.07. The van der Waals surface area contributed by atoms with Crippen LogP contribution in [0.25, 0.3) is 0 Å². The van der Waals surface area contributed by atoms with E-state index in [-0.39, 0.29) is 11.4 Å². The molecule has 1 aliphatic carbocycles. The van der Waals surface area contributed by atoms with Crippen molar-refractivity contribution in [2.75, 3.05) is 7.11 Å². The van der Waals surface area contributed by atoms with Gasteiger partial charge < -0.3 is 14.6 Å². The van der Waals surface area contributed by atoms with E-state index in [1.807, 2.05) is 6.07 Å². The Kier molecular flexibility index (Phi) is 3.98. The minimum Gasteiger partial charge on any atom is -0.377 e. The van der Waals surface area contributed by atoms with Crippen LogP contribution < -0.4 is 5.32 Å². The summed E-state index contributed by atoms with van der Waals surface area (Å²) >= 11 is 0. The largest absolute Gasteiger partial charge is 0.377 e. The molecule has 1 N–H and O–H groups in total. The molecule has 1 aliphatic rings. The number of carbonyl (C=O) groups excluding carboxylic acids is 1. The number of hydrogen-bond donors (Lipinski definition) is 1. The van der Waals surface area contributed by atoms with Crippen molar-refractivity contribution in [3.63, 3.8) is 0 Å². The van der Waals surface area contributed by atoms with Crippen molar-refractivity contribution >= 4 is 5.91 Å². The minimum atomic E-state index is -0.258. The van der Waals surface area contributed by atoms with Crippen LogP contribution in [0.15, 0.2) is 34.9 Å². The quantitative estimate of drug-likeness (QED) is 0.942. The van der Waals surface area contributed by atoms with E-state index >= 15 is 0 Å². The molecule has 1 aromatic carbocycles. The Balaban J connectivity index is 1.71. The smallest absolute Gasteiger partial charge is 0.273 e. The highest BCUT2D eigenvalue weighted by atomic mass is 16.5. The second kappa shape index (κ2) is 5.93. The third-order valence-electron chi connectivity index (χ3n) is 4.14. The van der Waals surface area contributed by atoms with E-state index in [2.05, 4.69) is 35.6 Å². The first-order valence-corrected chi connectivity index (χ1v) is 7.43. The van der Waals surface area contributed by atoms with Gasteiger partial charge in [-0.3, -0.25) is 4.79 Å². The summed E-state index contributed by atoms with van der Waals surface area (Å²) in [6.45, 7) is 2.39. The molecule has 0 fully saturated rings. The molecule has 0 saturated carbocycles. The van der Waals surface area contributed by atoms with Gasteiger partial charge in [0.05, 0.1) is 0 Å². The molecule has 1 atom stereocenters. The predicted octanol–water partition coefficient (Wildman–Crippen LogP) is 2.50. The molecule has 2 aromatic rings. The molecule has 22 heavy (non-hydrogen) atoms. The number of ether oxygens (including phenoxy) is 1. The number of nitrogens with one attached hydrogen (secondary N) is 1. The summed E-state index contributed by atoms with van der Waals surface area (Å²) in [5.74, 6) is 0.347. The standard InChI is InChI=1S/C17H20N2O3/c1-17(8-7-12-5-3-4-6-13(12)10-17)18-16(20)15-9-14(11-21-2)22-19-15/h3-6,9H,7-8,10-11H2,1-2H3,(H,18,20)/t17-/m0/s1. The lowest BCUT2D eigenvalue weighted by atomic mass is 9.79. The molecule has 1 amide bonds. The van der Waals surface area contributed by atoms with Gasteiger partial charge in [0, 0.05) is 18.7 Å². The van der Waals surface area contributed by atoms with Gasteiger partial charge >= 0.3 is 0 Å².